The molecule has 1 aromatic carbocycles. The largest absolute Gasteiger partial charge is 0.382 e. The van der Waals surface area contributed by atoms with Gasteiger partial charge in [0.05, 0.1) is 5.69 Å². The first kappa shape index (κ1) is 13.0. The van der Waals surface area contributed by atoms with Crippen LogP contribution < -0.4 is 11.1 Å². The molecule has 0 aliphatic heterocycles. The van der Waals surface area contributed by atoms with Crippen LogP contribution in [0.15, 0.2) is 28.7 Å². The zero-order valence-corrected chi connectivity index (χ0v) is 12.4. The number of anilines is 2. The molecule has 102 valence electrons. The van der Waals surface area contributed by atoms with E-state index in [4.69, 9.17) is 5.73 Å². The highest BCUT2D eigenvalue weighted by Crippen LogP contribution is 2.31. The van der Waals surface area contributed by atoms with E-state index in [1.165, 1.54) is 12.8 Å². The minimum atomic E-state index is 0.359. The fraction of sp³-hybridized carbons (Fsp3) is 0.286. The standard InChI is InChI=1S/C14H14BrN5/c15-11-3-1-2-4-12(11)20-13(17)10(7-16)14(19-20)18-8-9-5-6-9/h1-4,9H,5-6,8,17H2,(H,18,19). The van der Waals surface area contributed by atoms with Crippen molar-refractivity contribution in [2.45, 2.75) is 12.8 Å². The first-order chi connectivity index (χ1) is 9.70. The summed E-state index contributed by atoms with van der Waals surface area (Å²) >= 11 is 3.48. The number of nitrogens with one attached hydrogen (secondary N) is 1. The first-order valence-electron chi connectivity index (χ1n) is 6.48. The van der Waals surface area contributed by atoms with Crippen LogP contribution in [0, 0.1) is 17.2 Å². The molecular formula is C14H14BrN5. The summed E-state index contributed by atoms with van der Waals surface area (Å²) in [4.78, 5) is 0. The molecule has 0 radical (unpaired) electrons. The number of hydrogen-bond donors (Lipinski definition) is 2. The van der Waals surface area contributed by atoms with Crippen molar-refractivity contribution in [3.05, 3.63) is 34.3 Å². The molecule has 1 saturated carbocycles. The number of aromatic nitrogens is 2. The summed E-state index contributed by atoms with van der Waals surface area (Å²) in [6, 6.07) is 9.78. The van der Waals surface area contributed by atoms with E-state index in [1.54, 1.807) is 4.68 Å². The van der Waals surface area contributed by atoms with Crippen LogP contribution in [0.5, 0.6) is 0 Å². The second-order valence-corrected chi connectivity index (χ2v) is 5.76. The molecule has 0 spiro atoms. The molecule has 1 aromatic heterocycles. The van der Waals surface area contributed by atoms with E-state index in [9.17, 15) is 5.26 Å². The summed E-state index contributed by atoms with van der Waals surface area (Å²) in [7, 11) is 0. The third kappa shape index (κ3) is 2.37. The average Bonchev–Trinajstić information content (AvgIpc) is 3.22. The van der Waals surface area contributed by atoms with Crippen molar-refractivity contribution in [1.82, 2.24) is 9.78 Å². The lowest BCUT2D eigenvalue weighted by Crippen LogP contribution is -2.05. The normalized spacial score (nSPS) is 14.0. The van der Waals surface area contributed by atoms with Gasteiger partial charge in [0.1, 0.15) is 17.5 Å². The van der Waals surface area contributed by atoms with Crippen LogP contribution >= 0.6 is 15.9 Å². The number of rotatable bonds is 4. The Morgan fingerprint density at radius 1 is 1.45 bits per heavy atom. The Hall–Kier alpha value is -2.00. The van der Waals surface area contributed by atoms with Gasteiger partial charge in [0.25, 0.3) is 0 Å². The quantitative estimate of drug-likeness (QED) is 0.902. The maximum absolute atomic E-state index is 9.27. The molecule has 20 heavy (non-hydrogen) atoms. The van der Waals surface area contributed by atoms with Crippen LogP contribution in [-0.4, -0.2) is 16.3 Å². The zero-order valence-electron chi connectivity index (χ0n) is 10.8. The molecule has 1 fully saturated rings. The van der Waals surface area contributed by atoms with E-state index in [0.29, 0.717) is 23.1 Å². The van der Waals surface area contributed by atoms with Crippen LogP contribution in [0.4, 0.5) is 11.6 Å². The average molecular weight is 332 g/mol. The molecule has 0 atom stereocenters. The van der Waals surface area contributed by atoms with Gasteiger partial charge in [0.2, 0.25) is 0 Å². The van der Waals surface area contributed by atoms with Crippen molar-refractivity contribution < 1.29 is 0 Å². The van der Waals surface area contributed by atoms with E-state index < -0.39 is 0 Å². The lowest BCUT2D eigenvalue weighted by atomic mass is 10.3. The van der Waals surface area contributed by atoms with Crippen molar-refractivity contribution in [2.75, 3.05) is 17.6 Å². The Labute approximate surface area is 125 Å². The number of nitriles is 1. The Bertz CT molecular complexity index is 681. The minimum Gasteiger partial charge on any atom is -0.382 e. The van der Waals surface area contributed by atoms with Gasteiger partial charge >= 0.3 is 0 Å². The van der Waals surface area contributed by atoms with Gasteiger partial charge in [-0.1, -0.05) is 12.1 Å². The maximum Gasteiger partial charge on any atom is 0.168 e. The van der Waals surface area contributed by atoms with Crippen LogP contribution in [0.2, 0.25) is 0 Å². The lowest BCUT2D eigenvalue weighted by Gasteiger charge is -2.05. The van der Waals surface area contributed by atoms with E-state index in [2.05, 4.69) is 32.4 Å². The molecule has 2 aromatic rings. The molecule has 1 heterocycles. The van der Waals surface area contributed by atoms with Gasteiger partial charge in [0, 0.05) is 11.0 Å². The molecule has 0 amide bonds. The lowest BCUT2D eigenvalue weighted by molar-refractivity contribution is 0.853. The van der Waals surface area contributed by atoms with Crippen molar-refractivity contribution >= 4 is 27.6 Å². The SMILES string of the molecule is N#Cc1c(NCC2CC2)nn(-c2ccccc2Br)c1N. The van der Waals surface area contributed by atoms with Gasteiger partial charge in [-0.2, -0.15) is 5.26 Å². The van der Waals surface area contributed by atoms with Crippen molar-refractivity contribution in [1.29, 1.82) is 5.26 Å². The molecule has 1 aliphatic carbocycles. The van der Waals surface area contributed by atoms with Crippen LogP contribution in [0.1, 0.15) is 18.4 Å². The highest BCUT2D eigenvalue weighted by Gasteiger charge is 2.23. The number of benzene rings is 1. The molecule has 3 N–H and O–H groups in total. The monoisotopic (exact) mass is 331 g/mol. The Kier molecular flexibility index (Phi) is 3.36. The van der Waals surface area contributed by atoms with Gasteiger partial charge in [-0.3, -0.25) is 0 Å². The topological polar surface area (TPSA) is 79.7 Å². The summed E-state index contributed by atoms with van der Waals surface area (Å²) in [6.07, 6.45) is 2.49. The van der Waals surface area contributed by atoms with E-state index >= 15 is 0 Å². The third-order valence-electron chi connectivity index (χ3n) is 3.37. The minimum absolute atomic E-state index is 0.359. The third-order valence-corrected chi connectivity index (χ3v) is 4.04. The van der Waals surface area contributed by atoms with Gasteiger partial charge in [-0.05, 0) is 46.8 Å². The summed E-state index contributed by atoms with van der Waals surface area (Å²) in [6.45, 7) is 0.848. The van der Waals surface area contributed by atoms with Crippen LogP contribution in [0.3, 0.4) is 0 Å². The smallest absolute Gasteiger partial charge is 0.168 e. The molecule has 0 bridgehead atoms. The van der Waals surface area contributed by atoms with E-state index in [0.717, 1.165) is 16.7 Å². The molecule has 0 saturated heterocycles. The summed E-state index contributed by atoms with van der Waals surface area (Å²) in [5.74, 6) is 1.63. The predicted octanol–water partition coefficient (Wildman–Crippen LogP) is 2.91. The van der Waals surface area contributed by atoms with Crippen molar-refractivity contribution in [3.63, 3.8) is 0 Å². The second-order valence-electron chi connectivity index (χ2n) is 4.91. The Morgan fingerprint density at radius 2 is 2.20 bits per heavy atom. The fourth-order valence-corrected chi connectivity index (χ4v) is 2.49. The summed E-state index contributed by atoms with van der Waals surface area (Å²) in [5.41, 5.74) is 7.28. The Morgan fingerprint density at radius 3 is 2.85 bits per heavy atom. The van der Waals surface area contributed by atoms with Crippen molar-refractivity contribution in [3.8, 4) is 11.8 Å². The predicted molar refractivity (Wildman–Crippen MR) is 81.6 cm³/mol. The highest BCUT2D eigenvalue weighted by molar-refractivity contribution is 9.10. The number of para-hydroxylation sites is 1. The zero-order chi connectivity index (χ0) is 14.1. The second kappa shape index (κ2) is 5.17. The van der Waals surface area contributed by atoms with Crippen LogP contribution in [-0.2, 0) is 0 Å². The molecular weight excluding hydrogens is 318 g/mol. The number of nitrogen functional groups attached to an aromatic ring is 1. The number of halogens is 1. The first-order valence-corrected chi connectivity index (χ1v) is 7.27. The molecule has 1 aliphatic rings. The van der Waals surface area contributed by atoms with Gasteiger partial charge in [0.15, 0.2) is 5.82 Å². The molecule has 5 nitrogen and oxygen atoms in total. The highest BCUT2D eigenvalue weighted by atomic mass is 79.9. The number of nitrogens with two attached hydrogens (primary N) is 1. The number of hydrogen-bond acceptors (Lipinski definition) is 4. The fourth-order valence-electron chi connectivity index (χ4n) is 2.04. The van der Waals surface area contributed by atoms with Gasteiger partial charge < -0.3 is 11.1 Å². The van der Waals surface area contributed by atoms with Crippen molar-refractivity contribution in [2.24, 2.45) is 5.92 Å². The molecule has 6 heteroatoms. The van der Waals surface area contributed by atoms with Gasteiger partial charge in [-0.25, -0.2) is 4.68 Å². The summed E-state index contributed by atoms with van der Waals surface area (Å²) in [5, 5.41) is 16.9. The Balaban J connectivity index is 1.99. The van der Waals surface area contributed by atoms with E-state index in [1.807, 2.05) is 24.3 Å². The maximum atomic E-state index is 9.27. The molecule has 0 unspecified atom stereocenters. The van der Waals surface area contributed by atoms with Gasteiger partial charge in [-0.15, -0.1) is 5.10 Å². The molecule has 3 rings (SSSR count). The summed E-state index contributed by atoms with van der Waals surface area (Å²) < 4.78 is 2.48. The van der Waals surface area contributed by atoms with E-state index in [-0.39, 0.29) is 0 Å². The van der Waals surface area contributed by atoms with Crippen LogP contribution in [0.25, 0.3) is 5.69 Å². The number of nitrogens with zero attached hydrogens (tertiary/aromatic N) is 3.